The van der Waals surface area contributed by atoms with Crippen LogP contribution in [-0.2, 0) is 13.1 Å². The van der Waals surface area contributed by atoms with Crippen molar-refractivity contribution in [1.82, 2.24) is 19.8 Å². The van der Waals surface area contributed by atoms with Crippen LogP contribution in [0.25, 0.3) is 0 Å². The summed E-state index contributed by atoms with van der Waals surface area (Å²) in [6.07, 6.45) is 10.9. The molecular weight excluding hydrogens is 380 g/mol. The lowest BCUT2D eigenvalue weighted by Crippen LogP contribution is -2.33. The van der Waals surface area contributed by atoms with Crippen LogP contribution in [0.2, 0.25) is 0 Å². The van der Waals surface area contributed by atoms with Gasteiger partial charge in [-0.1, -0.05) is 22.4 Å². The normalized spacial score (nSPS) is 17.7. The first kappa shape index (κ1) is 21.9. The summed E-state index contributed by atoms with van der Waals surface area (Å²) in [5, 5.41) is 23.8. The second-order valence-corrected chi connectivity index (χ2v) is 7.61. The molecule has 2 aliphatic rings. The Balaban J connectivity index is 0.000000171. The second kappa shape index (κ2) is 12.0. The molecule has 2 fully saturated rings. The van der Waals surface area contributed by atoms with E-state index < -0.39 is 0 Å². The smallest absolute Gasteiger partial charge is 0.0596 e. The molecule has 30 heavy (non-hydrogen) atoms. The van der Waals surface area contributed by atoms with Crippen molar-refractivity contribution in [3.63, 3.8) is 0 Å². The molecule has 0 unspecified atom stereocenters. The SMILES string of the molecule is ON=C1CCN(Cc2cccnc2)CC1.ON=C1CCN(Cc2cccnc2)CC1. The van der Waals surface area contributed by atoms with Crippen LogP contribution in [0.1, 0.15) is 36.8 Å². The number of pyridine rings is 2. The predicted molar refractivity (Wildman–Crippen MR) is 116 cm³/mol. The Hall–Kier alpha value is -2.84. The zero-order chi connectivity index (χ0) is 21.0. The van der Waals surface area contributed by atoms with Gasteiger partial charge in [-0.3, -0.25) is 19.8 Å². The number of piperidine rings is 2. The van der Waals surface area contributed by atoms with Crippen molar-refractivity contribution in [2.45, 2.75) is 38.8 Å². The van der Waals surface area contributed by atoms with Crippen LogP contribution in [0.3, 0.4) is 0 Å². The molecule has 2 aromatic heterocycles. The Kier molecular flexibility index (Phi) is 8.74. The standard InChI is InChI=1S/2C11H15N3O/c2*15-13-11-3-6-14(7-4-11)9-10-2-1-5-12-8-10/h2*1-2,5,8,15H,3-4,6-7,9H2. The minimum absolute atomic E-state index is 0.872. The van der Waals surface area contributed by atoms with E-state index in [1.54, 1.807) is 12.4 Å². The monoisotopic (exact) mass is 410 g/mol. The summed E-state index contributed by atoms with van der Waals surface area (Å²) in [4.78, 5) is 12.9. The second-order valence-electron chi connectivity index (χ2n) is 7.61. The molecule has 160 valence electrons. The molecule has 4 heterocycles. The van der Waals surface area contributed by atoms with Crippen LogP contribution in [0.15, 0.2) is 59.4 Å². The molecule has 0 amide bonds. The maximum absolute atomic E-state index is 8.63. The lowest BCUT2D eigenvalue weighted by molar-refractivity contribution is 0.256. The molecule has 2 N–H and O–H groups in total. The molecular formula is C22H30N6O2. The van der Waals surface area contributed by atoms with Crippen LogP contribution in [0.4, 0.5) is 0 Å². The van der Waals surface area contributed by atoms with Gasteiger partial charge in [-0.2, -0.15) is 0 Å². The number of hydrogen-bond acceptors (Lipinski definition) is 8. The van der Waals surface area contributed by atoms with Gasteiger partial charge in [-0.25, -0.2) is 0 Å². The van der Waals surface area contributed by atoms with E-state index in [2.05, 4.69) is 42.2 Å². The summed E-state index contributed by atoms with van der Waals surface area (Å²) in [5.74, 6) is 0. The third-order valence-corrected chi connectivity index (χ3v) is 5.41. The zero-order valence-electron chi connectivity index (χ0n) is 17.3. The molecule has 0 aliphatic carbocycles. The zero-order valence-corrected chi connectivity index (χ0v) is 17.3. The van der Waals surface area contributed by atoms with Crippen molar-refractivity contribution in [2.24, 2.45) is 10.3 Å². The minimum Gasteiger partial charge on any atom is -0.411 e. The molecule has 8 heteroatoms. The summed E-state index contributed by atoms with van der Waals surface area (Å²) in [6.45, 7) is 5.74. The van der Waals surface area contributed by atoms with Gasteiger partial charge in [-0.15, -0.1) is 0 Å². The predicted octanol–water partition coefficient (Wildman–Crippen LogP) is 3.02. The van der Waals surface area contributed by atoms with E-state index in [4.69, 9.17) is 10.4 Å². The summed E-state index contributed by atoms with van der Waals surface area (Å²) in [6, 6.07) is 8.09. The fourth-order valence-corrected chi connectivity index (χ4v) is 3.64. The molecule has 2 saturated heterocycles. The third kappa shape index (κ3) is 7.20. The summed E-state index contributed by atoms with van der Waals surface area (Å²) in [7, 11) is 0. The molecule has 0 aromatic carbocycles. The fraction of sp³-hybridized carbons (Fsp3) is 0.455. The van der Waals surface area contributed by atoms with Crippen LogP contribution >= 0.6 is 0 Å². The highest BCUT2D eigenvalue weighted by Crippen LogP contribution is 2.12. The van der Waals surface area contributed by atoms with Crippen molar-refractivity contribution in [2.75, 3.05) is 26.2 Å². The van der Waals surface area contributed by atoms with Gasteiger partial charge in [0.05, 0.1) is 11.4 Å². The van der Waals surface area contributed by atoms with Crippen LogP contribution in [-0.4, -0.2) is 67.8 Å². The van der Waals surface area contributed by atoms with E-state index in [0.29, 0.717) is 0 Å². The van der Waals surface area contributed by atoms with E-state index in [0.717, 1.165) is 76.4 Å². The number of nitrogens with zero attached hydrogens (tertiary/aromatic N) is 6. The van der Waals surface area contributed by atoms with Crippen molar-refractivity contribution >= 4 is 11.4 Å². The average Bonchev–Trinajstić information content (AvgIpc) is 2.82. The molecule has 0 radical (unpaired) electrons. The van der Waals surface area contributed by atoms with Gasteiger partial charge in [0.15, 0.2) is 0 Å². The highest BCUT2D eigenvalue weighted by atomic mass is 16.4. The maximum atomic E-state index is 8.63. The largest absolute Gasteiger partial charge is 0.411 e. The van der Waals surface area contributed by atoms with Crippen LogP contribution in [0.5, 0.6) is 0 Å². The number of aromatic nitrogens is 2. The average molecular weight is 411 g/mol. The topological polar surface area (TPSA) is 97.4 Å². The van der Waals surface area contributed by atoms with Gasteiger partial charge in [0.2, 0.25) is 0 Å². The van der Waals surface area contributed by atoms with Crippen LogP contribution < -0.4 is 0 Å². The Morgan fingerprint density at radius 3 is 1.40 bits per heavy atom. The van der Waals surface area contributed by atoms with Gasteiger partial charge in [0.1, 0.15) is 0 Å². The van der Waals surface area contributed by atoms with E-state index in [1.165, 1.54) is 11.1 Å². The maximum Gasteiger partial charge on any atom is 0.0596 e. The molecule has 2 aromatic rings. The third-order valence-electron chi connectivity index (χ3n) is 5.41. The lowest BCUT2D eigenvalue weighted by atomic mass is 10.1. The number of rotatable bonds is 4. The van der Waals surface area contributed by atoms with E-state index >= 15 is 0 Å². The first-order chi connectivity index (χ1) is 14.8. The van der Waals surface area contributed by atoms with Gasteiger partial charge in [0.25, 0.3) is 0 Å². The first-order valence-corrected chi connectivity index (χ1v) is 10.4. The van der Waals surface area contributed by atoms with Gasteiger partial charge < -0.3 is 10.4 Å². The van der Waals surface area contributed by atoms with Crippen molar-refractivity contribution in [3.8, 4) is 0 Å². The number of hydrogen-bond donors (Lipinski definition) is 2. The first-order valence-electron chi connectivity index (χ1n) is 10.4. The van der Waals surface area contributed by atoms with Crippen molar-refractivity contribution in [3.05, 3.63) is 60.2 Å². The molecule has 8 nitrogen and oxygen atoms in total. The van der Waals surface area contributed by atoms with Gasteiger partial charge >= 0.3 is 0 Å². The van der Waals surface area contributed by atoms with Crippen LogP contribution in [0, 0.1) is 0 Å². The Morgan fingerprint density at radius 2 is 1.10 bits per heavy atom. The van der Waals surface area contributed by atoms with Gasteiger partial charge in [0, 0.05) is 89.7 Å². The molecule has 0 atom stereocenters. The fourth-order valence-electron chi connectivity index (χ4n) is 3.64. The number of likely N-dealkylation sites (tertiary alicyclic amines) is 2. The Bertz CT molecular complexity index is 723. The summed E-state index contributed by atoms with van der Waals surface area (Å²) in [5.41, 5.74) is 4.30. The molecule has 0 bridgehead atoms. The Morgan fingerprint density at radius 1 is 0.700 bits per heavy atom. The Labute approximate surface area is 177 Å². The molecule has 2 aliphatic heterocycles. The molecule has 4 rings (SSSR count). The van der Waals surface area contributed by atoms with Crippen molar-refractivity contribution in [1.29, 1.82) is 0 Å². The van der Waals surface area contributed by atoms with E-state index in [-0.39, 0.29) is 0 Å². The quantitative estimate of drug-likeness (QED) is 0.594. The highest BCUT2D eigenvalue weighted by molar-refractivity contribution is 5.85. The summed E-state index contributed by atoms with van der Waals surface area (Å²) < 4.78 is 0. The van der Waals surface area contributed by atoms with Crippen molar-refractivity contribution < 1.29 is 10.4 Å². The van der Waals surface area contributed by atoms with E-state index in [9.17, 15) is 0 Å². The summed E-state index contributed by atoms with van der Waals surface area (Å²) >= 11 is 0. The van der Waals surface area contributed by atoms with Gasteiger partial charge in [-0.05, 0) is 23.3 Å². The lowest BCUT2D eigenvalue weighted by Gasteiger charge is -2.26. The molecule has 0 saturated carbocycles. The van der Waals surface area contributed by atoms with E-state index in [1.807, 2.05) is 24.5 Å². The highest BCUT2D eigenvalue weighted by Gasteiger charge is 2.16. The molecule has 0 spiro atoms. The minimum atomic E-state index is 0.872. The number of oxime groups is 2.